The van der Waals surface area contributed by atoms with E-state index in [-0.39, 0.29) is 11.8 Å². The first-order valence-electron chi connectivity index (χ1n) is 7.60. The molecule has 5 nitrogen and oxygen atoms in total. The average Bonchev–Trinajstić information content (AvgIpc) is 3.32. The number of aromatic nitrogens is 1. The van der Waals surface area contributed by atoms with Crippen molar-refractivity contribution in [2.24, 2.45) is 17.1 Å². The third-order valence-electron chi connectivity index (χ3n) is 4.82. The highest BCUT2D eigenvalue weighted by atomic mass is 16.2. The van der Waals surface area contributed by atoms with Gasteiger partial charge in [-0.05, 0) is 37.3 Å². The lowest BCUT2D eigenvalue weighted by Crippen LogP contribution is -2.49. The molecular formula is C16H21N3O2. The number of piperidine rings is 1. The maximum atomic E-state index is 12.4. The number of amides is 2. The van der Waals surface area contributed by atoms with E-state index in [4.69, 9.17) is 5.73 Å². The minimum absolute atomic E-state index is 0.00686. The molecule has 2 N–H and O–H groups in total. The molecule has 2 amide bonds. The van der Waals surface area contributed by atoms with Crippen LogP contribution in [-0.4, -0.2) is 34.8 Å². The molecule has 2 aliphatic rings. The summed E-state index contributed by atoms with van der Waals surface area (Å²) in [6, 6.07) is 3.54. The van der Waals surface area contributed by atoms with E-state index in [0.717, 1.165) is 6.42 Å². The third kappa shape index (κ3) is 2.91. The van der Waals surface area contributed by atoms with E-state index in [2.05, 4.69) is 4.98 Å². The first-order chi connectivity index (χ1) is 10.1. The summed E-state index contributed by atoms with van der Waals surface area (Å²) >= 11 is 0. The molecule has 3 rings (SSSR count). The summed E-state index contributed by atoms with van der Waals surface area (Å²) in [5.41, 5.74) is 5.87. The molecular weight excluding hydrogens is 266 g/mol. The van der Waals surface area contributed by atoms with Crippen molar-refractivity contribution >= 4 is 11.8 Å². The Morgan fingerprint density at radius 1 is 1.33 bits per heavy atom. The molecule has 0 aromatic carbocycles. The van der Waals surface area contributed by atoms with Gasteiger partial charge in [-0.25, -0.2) is 0 Å². The van der Waals surface area contributed by atoms with Crippen LogP contribution >= 0.6 is 0 Å². The lowest BCUT2D eigenvalue weighted by atomic mass is 9.73. The summed E-state index contributed by atoms with van der Waals surface area (Å²) in [5.74, 6) is 0.466. The first kappa shape index (κ1) is 14.0. The van der Waals surface area contributed by atoms with Gasteiger partial charge in [-0.15, -0.1) is 0 Å². The summed E-state index contributed by atoms with van der Waals surface area (Å²) in [6.45, 7) is 1.20. The molecule has 5 heteroatoms. The van der Waals surface area contributed by atoms with Gasteiger partial charge in [-0.2, -0.15) is 0 Å². The number of nitrogens with zero attached hydrogens (tertiary/aromatic N) is 2. The summed E-state index contributed by atoms with van der Waals surface area (Å²) in [7, 11) is 0. The summed E-state index contributed by atoms with van der Waals surface area (Å²) < 4.78 is 0. The number of hydrogen-bond acceptors (Lipinski definition) is 3. The Kier molecular flexibility index (Phi) is 3.66. The molecule has 1 aliphatic carbocycles. The largest absolute Gasteiger partial charge is 0.369 e. The fraction of sp³-hybridized carbons (Fsp3) is 0.562. The Bertz CT molecular complexity index is 532. The fourth-order valence-electron chi connectivity index (χ4n) is 3.24. The molecule has 2 fully saturated rings. The smallest absolute Gasteiger partial charge is 0.255 e. The van der Waals surface area contributed by atoms with Crippen LogP contribution in [0.15, 0.2) is 24.5 Å². The number of pyridine rings is 1. The zero-order chi connectivity index (χ0) is 14.9. The second-order valence-corrected chi connectivity index (χ2v) is 6.33. The Hall–Kier alpha value is -1.91. The molecule has 0 spiro atoms. The third-order valence-corrected chi connectivity index (χ3v) is 4.82. The second kappa shape index (κ2) is 5.47. The number of rotatable bonds is 4. The van der Waals surface area contributed by atoms with Gasteiger partial charge < -0.3 is 10.6 Å². The number of hydrogen-bond donors (Lipinski definition) is 1. The molecule has 1 saturated heterocycles. The Morgan fingerprint density at radius 3 is 2.57 bits per heavy atom. The van der Waals surface area contributed by atoms with E-state index in [1.807, 2.05) is 4.90 Å². The minimum Gasteiger partial charge on any atom is -0.369 e. The molecule has 0 radical (unpaired) electrons. The highest BCUT2D eigenvalue weighted by molar-refractivity contribution is 5.94. The SMILES string of the molecule is NC(=O)C1(CC2CC2)CCN(C(=O)c2cccnc2)CC1. The van der Waals surface area contributed by atoms with Gasteiger partial charge in [0.05, 0.1) is 11.0 Å². The highest BCUT2D eigenvalue weighted by Gasteiger charge is 2.44. The molecule has 0 atom stereocenters. The second-order valence-electron chi connectivity index (χ2n) is 6.33. The van der Waals surface area contributed by atoms with Crippen LogP contribution in [0.4, 0.5) is 0 Å². The van der Waals surface area contributed by atoms with Crippen molar-refractivity contribution in [1.29, 1.82) is 0 Å². The molecule has 2 heterocycles. The lowest BCUT2D eigenvalue weighted by molar-refractivity contribution is -0.131. The van der Waals surface area contributed by atoms with E-state index < -0.39 is 5.41 Å². The van der Waals surface area contributed by atoms with Crippen molar-refractivity contribution in [3.63, 3.8) is 0 Å². The number of carbonyl (C=O) groups is 2. The average molecular weight is 287 g/mol. The Morgan fingerprint density at radius 2 is 2.05 bits per heavy atom. The standard InChI is InChI=1S/C16H21N3O2/c17-15(21)16(10-12-3-4-12)5-8-19(9-6-16)14(20)13-2-1-7-18-11-13/h1-2,7,11-12H,3-6,8-10H2,(H2,17,21). The van der Waals surface area contributed by atoms with Crippen molar-refractivity contribution in [2.75, 3.05) is 13.1 Å². The van der Waals surface area contributed by atoms with E-state index in [1.165, 1.54) is 12.8 Å². The molecule has 1 aromatic rings. The van der Waals surface area contributed by atoms with E-state index in [9.17, 15) is 9.59 Å². The van der Waals surface area contributed by atoms with E-state index >= 15 is 0 Å². The van der Waals surface area contributed by atoms with Crippen molar-refractivity contribution in [1.82, 2.24) is 9.88 Å². The first-order valence-corrected chi connectivity index (χ1v) is 7.60. The molecule has 112 valence electrons. The van der Waals surface area contributed by atoms with Gasteiger partial charge in [0.25, 0.3) is 5.91 Å². The molecule has 0 bridgehead atoms. The van der Waals surface area contributed by atoms with Crippen LogP contribution in [-0.2, 0) is 4.79 Å². The predicted octanol–water partition coefficient (Wildman–Crippen LogP) is 1.59. The van der Waals surface area contributed by atoms with Gasteiger partial charge >= 0.3 is 0 Å². The van der Waals surface area contributed by atoms with Gasteiger partial charge in [-0.1, -0.05) is 12.8 Å². The maximum absolute atomic E-state index is 12.4. The fourth-order valence-corrected chi connectivity index (χ4v) is 3.24. The van der Waals surface area contributed by atoms with Crippen molar-refractivity contribution in [3.05, 3.63) is 30.1 Å². The molecule has 1 saturated carbocycles. The number of carbonyl (C=O) groups excluding carboxylic acids is 2. The number of primary amides is 1. The number of nitrogens with two attached hydrogens (primary N) is 1. The molecule has 1 aromatic heterocycles. The minimum atomic E-state index is -0.396. The Labute approximate surface area is 124 Å². The summed E-state index contributed by atoms with van der Waals surface area (Å²) in [6.07, 6.45) is 7.94. The van der Waals surface area contributed by atoms with Crippen LogP contribution in [0, 0.1) is 11.3 Å². The summed E-state index contributed by atoms with van der Waals surface area (Å²) in [4.78, 5) is 30.1. The quantitative estimate of drug-likeness (QED) is 0.913. The zero-order valence-corrected chi connectivity index (χ0v) is 12.1. The maximum Gasteiger partial charge on any atom is 0.255 e. The predicted molar refractivity (Wildman–Crippen MR) is 78.3 cm³/mol. The lowest BCUT2D eigenvalue weighted by Gasteiger charge is -2.40. The number of likely N-dealkylation sites (tertiary alicyclic amines) is 1. The van der Waals surface area contributed by atoms with Crippen LogP contribution in [0.1, 0.15) is 42.5 Å². The van der Waals surface area contributed by atoms with Gasteiger partial charge in [-0.3, -0.25) is 14.6 Å². The molecule has 1 aliphatic heterocycles. The monoisotopic (exact) mass is 287 g/mol. The topological polar surface area (TPSA) is 76.3 Å². The molecule has 21 heavy (non-hydrogen) atoms. The van der Waals surface area contributed by atoms with Crippen molar-refractivity contribution in [3.8, 4) is 0 Å². The van der Waals surface area contributed by atoms with Gasteiger partial charge in [0.15, 0.2) is 0 Å². The van der Waals surface area contributed by atoms with Crippen molar-refractivity contribution in [2.45, 2.75) is 32.1 Å². The van der Waals surface area contributed by atoms with Crippen LogP contribution in [0.2, 0.25) is 0 Å². The van der Waals surface area contributed by atoms with Crippen LogP contribution in [0.5, 0.6) is 0 Å². The molecule has 0 unspecified atom stereocenters. The van der Waals surface area contributed by atoms with Gasteiger partial charge in [0, 0.05) is 25.5 Å². The van der Waals surface area contributed by atoms with Gasteiger partial charge in [0.1, 0.15) is 0 Å². The van der Waals surface area contributed by atoms with E-state index in [1.54, 1.807) is 24.5 Å². The van der Waals surface area contributed by atoms with Crippen LogP contribution in [0.3, 0.4) is 0 Å². The normalized spacial score (nSPS) is 21.0. The zero-order valence-electron chi connectivity index (χ0n) is 12.1. The van der Waals surface area contributed by atoms with Crippen LogP contribution in [0.25, 0.3) is 0 Å². The van der Waals surface area contributed by atoms with Crippen LogP contribution < -0.4 is 5.73 Å². The summed E-state index contributed by atoms with van der Waals surface area (Å²) in [5, 5.41) is 0. The highest BCUT2D eigenvalue weighted by Crippen LogP contribution is 2.45. The Balaban J connectivity index is 1.66. The van der Waals surface area contributed by atoms with Crippen molar-refractivity contribution < 1.29 is 9.59 Å². The van der Waals surface area contributed by atoms with E-state index in [0.29, 0.717) is 37.4 Å². The van der Waals surface area contributed by atoms with Gasteiger partial charge in [0.2, 0.25) is 5.91 Å².